The highest BCUT2D eigenvalue weighted by Crippen LogP contribution is 2.16. The molecular weight excluding hydrogens is 258 g/mol. The number of ether oxygens (including phenoxy) is 1. The van der Waals surface area contributed by atoms with Gasteiger partial charge in [0.1, 0.15) is 0 Å². The van der Waals surface area contributed by atoms with E-state index in [0.29, 0.717) is 12.3 Å². The number of rotatable bonds is 6. The average Bonchev–Trinajstić information content (AvgIpc) is 2.70. The third-order valence-electron chi connectivity index (χ3n) is 2.85. The summed E-state index contributed by atoms with van der Waals surface area (Å²) in [6.45, 7) is 3.71. The summed E-state index contributed by atoms with van der Waals surface area (Å²) in [6, 6.07) is 0.254. The van der Waals surface area contributed by atoms with Crippen molar-refractivity contribution in [1.82, 2.24) is 5.32 Å². The molecule has 1 heterocycles. The Labute approximate surface area is 100 Å². The number of halogens is 1. The summed E-state index contributed by atoms with van der Waals surface area (Å²) in [5.41, 5.74) is 0. The van der Waals surface area contributed by atoms with Crippen molar-refractivity contribution in [3.8, 4) is 0 Å². The van der Waals surface area contributed by atoms with E-state index in [-0.39, 0.29) is 11.9 Å². The van der Waals surface area contributed by atoms with Gasteiger partial charge in [-0.25, -0.2) is 0 Å². The fourth-order valence-electron chi connectivity index (χ4n) is 1.77. The first kappa shape index (κ1) is 13.0. The molecule has 1 N–H and O–H groups in total. The van der Waals surface area contributed by atoms with Crippen LogP contribution < -0.4 is 5.32 Å². The van der Waals surface area contributed by atoms with Gasteiger partial charge in [-0.2, -0.15) is 0 Å². The minimum atomic E-state index is 0.176. The Kier molecular flexibility index (Phi) is 6.25. The van der Waals surface area contributed by atoms with E-state index in [2.05, 4.69) is 28.2 Å². The predicted octanol–water partition coefficient (Wildman–Crippen LogP) is 2.09. The maximum Gasteiger partial charge on any atom is 0.220 e. The van der Waals surface area contributed by atoms with Crippen LogP contribution in [0.2, 0.25) is 0 Å². The van der Waals surface area contributed by atoms with Gasteiger partial charge in [-0.15, -0.1) is 0 Å². The van der Waals surface area contributed by atoms with Gasteiger partial charge in [-0.05, 0) is 26.2 Å². The number of carbonyl (C=O) groups is 1. The molecule has 1 amide bonds. The largest absolute Gasteiger partial charge is 0.381 e. The lowest BCUT2D eigenvalue weighted by molar-refractivity contribution is -0.122. The highest BCUT2D eigenvalue weighted by molar-refractivity contribution is 9.09. The lowest BCUT2D eigenvalue weighted by Crippen LogP contribution is -2.38. The number of carbonyl (C=O) groups excluding carboxylic acids is 1. The van der Waals surface area contributed by atoms with E-state index in [4.69, 9.17) is 4.74 Å². The van der Waals surface area contributed by atoms with Gasteiger partial charge in [-0.3, -0.25) is 4.79 Å². The predicted molar refractivity (Wildman–Crippen MR) is 64.2 cm³/mol. The Bertz CT molecular complexity index is 193. The van der Waals surface area contributed by atoms with E-state index in [1.807, 2.05) is 0 Å². The maximum absolute atomic E-state index is 11.5. The molecule has 0 aromatic rings. The number of hydrogen-bond donors (Lipinski definition) is 1. The summed E-state index contributed by atoms with van der Waals surface area (Å²) in [6.07, 6.45) is 3.74. The molecule has 0 spiro atoms. The summed E-state index contributed by atoms with van der Waals surface area (Å²) in [4.78, 5) is 11.5. The van der Waals surface area contributed by atoms with Crippen molar-refractivity contribution in [2.75, 3.05) is 18.5 Å². The van der Waals surface area contributed by atoms with Crippen LogP contribution >= 0.6 is 15.9 Å². The van der Waals surface area contributed by atoms with Crippen molar-refractivity contribution >= 4 is 21.8 Å². The van der Waals surface area contributed by atoms with Gasteiger partial charge in [0.15, 0.2) is 0 Å². The second-order valence-corrected chi connectivity index (χ2v) is 4.92. The minimum absolute atomic E-state index is 0.176. The molecule has 0 saturated carbocycles. The summed E-state index contributed by atoms with van der Waals surface area (Å²) < 4.78 is 5.30. The number of alkyl halides is 1. The fourth-order valence-corrected chi connectivity index (χ4v) is 2.17. The van der Waals surface area contributed by atoms with Crippen LogP contribution in [-0.2, 0) is 9.53 Å². The van der Waals surface area contributed by atoms with Crippen LogP contribution in [0, 0.1) is 5.92 Å². The Balaban J connectivity index is 2.13. The molecule has 1 aliphatic rings. The van der Waals surface area contributed by atoms with E-state index in [1.54, 1.807) is 0 Å². The van der Waals surface area contributed by atoms with Gasteiger partial charge in [-0.1, -0.05) is 15.9 Å². The third kappa shape index (κ3) is 4.98. The first-order valence-electron chi connectivity index (χ1n) is 5.67. The van der Waals surface area contributed by atoms with Gasteiger partial charge < -0.3 is 10.1 Å². The van der Waals surface area contributed by atoms with E-state index >= 15 is 0 Å². The third-order valence-corrected chi connectivity index (χ3v) is 3.41. The Morgan fingerprint density at radius 1 is 1.60 bits per heavy atom. The minimum Gasteiger partial charge on any atom is -0.381 e. The highest BCUT2D eigenvalue weighted by atomic mass is 79.9. The van der Waals surface area contributed by atoms with Crippen LogP contribution in [0.25, 0.3) is 0 Å². The molecule has 0 bridgehead atoms. The van der Waals surface area contributed by atoms with E-state index in [9.17, 15) is 4.79 Å². The van der Waals surface area contributed by atoms with Crippen molar-refractivity contribution in [3.63, 3.8) is 0 Å². The summed E-state index contributed by atoms with van der Waals surface area (Å²) in [7, 11) is 0. The van der Waals surface area contributed by atoms with Crippen LogP contribution in [-0.4, -0.2) is 30.5 Å². The quantitative estimate of drug-likeness (QED) is 0.597. The number of hydrogen-bond acceptors (Lipinski definition) is 2. The van der Waals surface area contributed by atoms with Gasteiger partial charge in [0.25, 0.3) is 0 Å². The van der Waals surface area contributed by atoms with Gasteiger partial charge in [0.05, 0.1) is 6.61 Å². The maximum atomic E-state index is 11.5. The number of nitrogens with one attached hydrogen (secondary N) is 1. The molecule has 0 aromatic heterocycles. The molecule has 3 nitrogen and oxygen atoms in total. The molecule has 88 valence electrons. The van der Waals surface area contributed by atoms with Crippen molar-refractivity contribution in [1.29, 1.82) is 0 Å². The Hall–Kier alpha value is -0.0900. The van der Waals surface area contributed by atoms with E-state index in [1.165, 1.54) is 0 Å². The molecule has 1 saturated heterocycles. The first-order chi connectivity index (χ1) is 7.24. The summed E-state index contributed by atoms with van der Waals surface area (Å²) in [5.74, 6) is 0.681. The first-order valence-corrected chi connectivity index (χ1v) is 6.79. The van der Waals surface area contributed by atoms with Crippen molar-refractivity contribution < 1.29 is 9.53 Å². The molecule has 0 radical (unpaired) electrons. The molecule has 1 aliphatic heterocycles. The monoisotopic (exact) mass is 277 g/mol. The molecule has 2 atom stereocenters. The zero-order valence-electron chi connectivity index (χ0n) is 9.30. The lowest BCUT2D eigenvalue weighted by Gasteiger charge is -2.19. The highest BCUT2D eigenvalue weighted by Gasteiger charge is 2.23. The average molecular weight is 278 g/mol. The fraction of sp³-hybridized carbons (Fsp3) is 0.909. The van der Waals surface area contributed by atoms with Gasteiger partial charge in [0, 0.05) is 30.3 Å². The summed E-state index contributed by atoms with van der Waals surface area (Å²) in [5, 5.41) is 4.02. The van der Waals surface area contributed by atoms with Crippen molar-refractivity contribution in [2.24, 2.45) is 5.92 Å². The second kappa shape index (κ2) is 7.23. The molecule has 1 rings (SSSR count). The molecule has 0 aromatic carbocycles. The Morgan fingerprint density at radius 2 is 2.40 bits per heavy atom. The molecule has 0 aliphatic carbocycles. The molecular formula is C11H20BrNO2. The SMILES string of the molecule is CC(NC(=O)CCCCBr)C1CCOC1. The normalized spacial score (nSPS) is 22.7. The van der Waals surface area contributed by atoms with Crippen molar-refractivity contribution in [3.05, 3.63) is 0 Å². The zero-order valence-corrected chi connectivity index (χ0v) is 10.9. The van der Waals surface area contributed by atoms with Crippen molar-refractivity contribution in [2.45, 2.75) is 38.6 Å². The van der Waals surface area contributed by atoms with Crippen LogP contribution in [0.1, 0.15) is 32.6 Å². The molecule has 4 heteroatoms. The summed E-state index contributed by atoms with van der Waals surface area (Å²) >= 11 is 3.36. The van der Waals surface area contributed by atoms with Crippen LogP contribution in [0.4, 0.5) is 0 Å². The number of unbranched alkanes of at least 4 members (excludes halogenated alkanes) is 1. The number of amides is 1. The van der Waals surface area contributed by atoms with Gasteiger partial charge in [0.2, 0.25) is 5.91 Å². The standard InChI is InChI=1S/C11H20BrNO2/c1-9(10-5-7-15-8-10)13-11(14)4-2-3-6-12/h9-10H,2-8H2,1H3,(H,13,14). The van der Waals surface area contributed by atoms with E-state index in [0.717, 1.165) is 37.8 Å². The van der Waals surface area contributed by atoms with Crippen LogP contribution in [0.5, 0.6) is 0 Å². The Morgan fingerprint density at radius 3 is 3.00 bits per heavy atom. The smallest absolute Gasteiger partial charge is 0.220 e. The molecule has 2 unspecified atom stereocenters. The lowest BCUT2D eigenvalue weighted by atomic mass is 10.0. The van der Waals surface area contributed by atoms with Crippen LogP contribution in [0.15, 0.2) is 0 Å². The van der Waals surface area contributed by atoms with E-state index < -0.39 is 0 Å². The topological polar surface area (TPSA) is 38.3 Å². The van der Waals surface area contributed by atoms with Gasteiger partial charge >= 0.3 is 0 Å². The second-order valence-electron chi connectivity index (χ2n) is 4.13. The molecule has 1 fully saturated rings. The molecule has 15 heavy (non-hydrogen) atoms. The zero-order chi connectivity index (χ0) is 11.1. The van der Waals surface area contributed by atoms with Crippen LogP contribution in [0.3, 0.4) is 0 Å².